The summed E-state index contributed by atoms with van der Waals surface area (Å²) in [6.45, 7) is 1.03. The highest BCUT2D eigenvalue weighted by atomic mass is 32.2. The summed E-state index contributed by atoms with van der Waals surface area (Å²) in [5.74, 6) is -1.13. The van der Waals surface area contributed by atoms with E-state index < -0.39 is 11.9 Å². The Hall–Kier alpha value is -2.38. The van der Waals surface area contributed by atoms with Gasteiger partial charge in [-0.25, -0.2) is 9.59 Å². The van der Waals surface area contributed by atoms with Crippen molar-refractivity contribution in [2.24, 2.45) is 4.99 Å². The zero-order valence-corrected chi connectivity index (χ0v) is 15.5. The molecule has 0 radical (unpaired) electrons. The van der Waals surface area contributed by atoms with Crippen molar-refractivity contribution in [1.82, 2.24) is 10.2 Å². The Bertz CT molecular complexity index is 764. The maximum absolute atomic E-state index is 12.4. The Kier molecular flexibility index (Phi) is 6.17. The van der Waals surface area contributed by atoms with Gasteiger partial charge in [0.2, 0.25) is 5.96 Å². The first-order valence-corrected chi connectivity index (χ1v) is 8.86. The van der Waals surface area contributed by atoms with Crippen molar-refractivity contribution in [1.29, 1.82) is 5.26 Å². The summed E-state index contributed by atoms with van der Waals surface area (Å²) in [5, 5.41) is 12.5. The van der Waals surface area contributed by atoms with Crippen LogP contribution in [0.1, 0.15) is 6.42 Å². The largest absolute Gasteiger partial charge is 0.465 e. The zero-order chi connectivity index (χ0) is 18.6. The van der Waals surface area contributed by atoms with Crippen LogP contribution in [0.25, 0.3) is 0 Å². The molecule has 1 N–H and O–H groups in total. The van der Waals surface area contributed by atoms with Crippen LogP contribution in [-0.2, 0) is 19.1 Å². The minimum absolute atomic E-state index is 0.0156. The number of carbonyl (C=O) groups is 2. The second-order valence-electron chi connectivity index (χ2n) is 4.90. The molecule has 0 aliphatic carbocycles. The second kappa shape index (κ2) is 8.13. The number of guanidine groups is 1. The van der Waals surface area contributed by atoms with Crippen molar-refractivity contribution >= 4 is 46.1 Å². The van der Waals surface area contributed by atoms with E-state index in [1.54, 1.807) is 11.2 Å². The quantitative estimate of drug-likeness (QED) is 0.328. The van der Waals surface area contributed by atoms with Crippen molar-refractivity contribution in [3.05, 3.63) is 22.5 Å². The summed E-state index contributed by atoms with van der Waals surface area (Å²) in [4.78, 5) is 30.7. The van der Waals surface area contributed by atoms with Gasteiger partial charge in [-0.3, -0.25) is 4.99 Å². The number of nitriles is 1. The van der Waals surface area contributed by atoms with Gasteiger partial charge in [0.25, 0.3) is 0 Å². The van der Waals surface area contributed by atoms with Gasteiger partial charge in [0.1, 0.15) is 22.9 Å². The molecule has 2 aliphatic rings. The highest BCUT2D eigenvalue weighted by Crippen LogP contribution is 2.29. The number of aliphatic imine (C=N–C) groups is 1. The fraction of sp³-hybridized carbons (Fsp3) is 0.400. The minimum atomic E-state index is -0.774. The smallest absolute Gasteiger partial charge is 0.355 e. The number of esters is 2. The first-order valence-electron chi connectivity index (χ1n) is 7.23. The number of fused-ring (bicyclic) bond motifs is 1. The first kappa shape index (κ1) is 19.0. The average molecular weight is 380 g/mol. The predicted molar refractivity (Wildman–Crippen MR) is 96.6 cm³/mol. The van der Waals surface area contributed by atoms with Crippen LogP contribution in [0.3, 0.4) is 0 Å². The average Bonchev–Trinajstić information content (AvgIpc) is 2.65. The molecule has 0 unspecified atom stereocenters. The number of methoxy groups -OCH3 is 2. The lowest BCUT2D eigenvalue weighted by Gasteiger charge is -2.36. The van der Waals surface area contributed by atoms with Gasteiger partial charge in [0.15, 0.2) is 0 Å². The molecule has 0 aromatic heterocycles. The van der Waals surface area contributed by atoms with E-state index in [9.17, 15) is 14.9 Å². The topological polar surface area (TPSA) is 104 Å². The van der Waals surface area contributed by atoms with E-state index in [1.165, 1.54) is 26.0 Å². The third-order valence-corrected chi connectivity index (χ3v) is 4.85. The van der Waals surface area contributed by atoms with Crippen LogP contribution in [0.15, 0.2) is 27.5 Å². The van der Waals surface area contributed by atoms with E-state index in [0.717, 1.165) is 0 Å². The third-order valence-electron chi connectivity index (χ3n) is 3.57. The van der Waals surface area contributed by atoms with Crippen LogP contribution in [0.2, 0.25) is 0 Å². The molecule has 132 valence electrons. The highest BCUT2D eigenvalue weighted by molar-refractivity contribution is 8.23. The molecule has 0 bridgehead atoms. The Morgan fingerprint density at radius 3 is 2.60 bits per heavy atom. The maximum Gasteiger partial charge on any atom is 0.355 e. The van der Waals surface area contributed by atoms with Gasteiger partial charge in [-0.1, -0.05) is 12.2 Å². The van der Waals surface area contributed by atoms with E-state index in [0.29, 0.717) is 25.5 Å². The maximum atomic E-state index is 12.4. The van der Waals surface area contributed by atoms with E-state index in [4.69, 9.17) is 21.7 Å². The molecule has 0 fully saturated rings. The normalized spacial score (nSPS) is 18.3. The molecule has 0 atom stereocenters. The van der Waals surface area contributed by atoms with E-state index >= 15 is 0 Å². The summed E-state index contributed by atoms with van der Waals surface area (Å²) >= 11 is 6.39. The number of carbonyl (C=O) groups excluding carboxylic acids is 2. The Morgan fingerprint density at radius 2 is 2.04 bits per heavy atom. The molecule has 2 rings (SSSR count). The summed E-state index contributed by atoms with van der Waals surface area (Å²) in [7, 11) is 2.41. The number of rotatable bonds is 3. The van der Waals surface area contributed by atoms with Gasteiger partial charge < -0.3 is 19.7 Å². The van der Waals surface area contributed by atoms with Gasteiger partial charge in [0, 0.05) is 13.1 Å². The van der Waals surface area contributed by atoms with Gasteiger partial charge in [0.05, 0.1) is 24.1 Å². The summed E-state index contributed by atoms with van der Waals surface area (Å²) in [5.41, 5.74) is 0.0598. The SMILES string of the molecule is COC(=O)C1=C(C(=O)OC)N2CCCN=C2N/C1=C(/C#N)C(=S)SC. The number of thiocarbonyl (C=S) groups is 1. The molecule has 0 aromatic rings. The monoisotopic (exact) mass is 380 g/mol. The van der Waals surface area contributed by atoms with Crippen molar-refractivity contribution in [2.45, 2.75) is 6.42 Å². The molecule has 8 nitrogen and oxygen atoms in total. The van der Waals surface area contributed by atoms with Crippen molar-refractivity contribution in [3.63, 3.8) is 0 Å². The molecule has 0 amide bonds. The lowest BCUT2D eigenvalue weighted by atomic mass is 10.0. The van der Waals surface area contributed by atoms with Gasteiger partial charge in [-0.15, -0.1) is 11.8 Å². The number of thioether (sulfide) groups is 1. The Balaban J connectivity index is 2.84. The lowest BCUT2D eigenvalue weighted by molar-refractivity contribution is -0.140. The van der Waals surface area contributed by atoms with Crippen molar-refractivity contribution in [2.75, 3.05) is 33.6 Å². The van der Waals surface area contributed by atoms with Crippen LogP contribution in [0.4, 0.5) is 0 Å². The molecule has 0 spiro atoms. The van der Waals surface area contributed by atoms with Crippen LogP contribution < -0.4 is 5.32 Å². The lowest BCUT2D eigenvalue weighted by Crippen LogP contribution is -2.51. The fourth-order valence-electron chi connectivity index (χ4n) is 2.46. The summed E-state index contributed by atoms with van der Waals surface area (Å²) < 4.78 is 9.95. The molecule has 25 heavy (non-hydrogen) atoms. The standard InChI is InChI=1S/C15H16N4O4S2/c1-22-12(20)9-10(8(7-16)14(24)25-3)18-15-17-5-4-6-19(15)11(9)13(21)23-2/h4-6H2,1-3H3,(H,17,18)/b10-8-. The van der Waals surface area contributed by atoms with Crippen LogP contribution >= 0.6 is 24.0 Å². The third kappa shape index (κ3) is 3.52. The van der Waals surface area contributed by atoms with Crippen LogP contribution in [-0.4, -0.2) is 60.6 Å². The molecular formula is C15H16N4O4S2. The number of nitrogens with one attached hydrogen (secondary N) is 1. The molecule has 10 heteroatoms. The van der Waals surface area contributed by atoms with Gasteiger partial charge >= 0.3 is 11.9 Å². The predicted octanol–water partition coefficient (Wildman–Crippen LogP) is 0.719. The summed E-state index contributed by atoms with van der Waals surface area (Å²) in [6, 6.07) is 1.99. The number of hydrogen-bond acceptors (Lipinski definition) is 10. The molecule has 0 aromatic carbocycles. The molecule has 2 aliphatic heterocycles. The van der Waals surface area contributed by atoms with Crippen molar-refractivity contribution in [3.8, 4) is 6.07 Å². The zero-order valence-electron chi connectivity index (χ0n) is 13.9. The summed E-state index contributed by atoms with van der Waals surface area (Å²) in [6.07, 6.45) is 2.42. The minimum Gasteiger partial charge on any atom is -0.465 e. The Morgan fingerprint density at radius 1 is 1.36 bits per heavy atom. The molecule has 0 saturated heterocycles. The number of nitrogens with zero attached hydrogens (tertiary/aromatic N) is 3. The fourth-order valence-corrected chi connectivity index (χ4v) is 2.96. The highest BCUT2D eigenvalue weighted by Gasteiger charge is 2.39. The number of hydrogen-bond donors (Lipinski definition) is 1. The first-order chi connectivity index (χ1) is 12.0. The van der Waals surface area contributed by atoms with E-state index in [1.807, 2.05) is 6.07 Å². The number of ether oxygens (including phenoxy) is 2. The Labute approximate surface area is 154 Å². The molecular weight excluding hydrogens is 364 g/mol. The molecule has 0 saturated carbocycles. The van der Waals surface area contributed by atoms with Crippen LogP contribution in [0, 0.1) is 11.3 Å². The van der Waals surface area contributed by atoms with Crippen LogP contribution in [0.5, 0.6) is 0 Å². The van der Waals surface area contributed by atoms with E-state index in [-0.39, 0.29) is 26.7 Å². The second-order valence-corrected chi connectivity index (χ2v) is 6.38. The van der Waals surface area contributed by atoms with Gasteiger partial charge in [-0.05, 0) is 12.7 Å². The van der Waals surface area contributed by atoms with E-state index in [2.05, 4.69) is 10.3 Å². The van der Waals surface area contributed by atoms with Gasteiger partial charge in [-0.2, -0.15) is 5.26 Å². The molecule has 2 heterocycles. The van der Waals surface area contributed by atoms with Crippen molar-refractivity contribution < 1.29 is 19.1 Å².